The molecule has 0 spiro atoms. The summed E-state index contributed by atoms with van der Waals surface area (Å²) >= 11 is 0. The van der Waals surface area contributed by atoms with Crippen molar-refractivity contribution in [3.8, 4) is 0 Å². The molecule has 2 aliphatic rings. The zero-order valence-electron chi connectivity index (χ0n) is 15.4. The van der Waals surface area contributed by atoms with Gasteiger partial charge in [0.05, 0.1) is 6.10 Å². The lowest BCUT2D eigenvalue weighted by Crippen LogP contribution is -2.56. The molecule has 2 aliphatic heterocycles. The summed E-state index contributed by atoms with van der Waals surface area (Å²) in [7, 11) is 0. The van der Waals surface area contributed by atoms with E-state index in [1.807, 2.05) is 0 Å². The SMILES string of the molecule is CC1CN(Cc2ccccc2)CC(C)C1NC(=O)[C@@H]1CC[C@H](CN)O1. The van der Waals surface area contributed by atoms with Gasteiger partial charge in [-0.3, -0.25) is 9.69 Å². The topological polar surface area (TPSA) is 67.6 Å². The Labute approximate surface area is 150 Å². The highest BCUT2D eigenvalue weighted by Crippen LogP contribution is 2.25. The summed E-state index contributed by atoms with van der Waals surface area (Å²) in [5, 5.41) is 3.26. The molecule has 1 aromatic rings. The molecule has 4 atom stereocenters. The number of amides is 1. The fourth-order valence-electron chi connectivity index (χ4n) is 4.26. The van der Waals surface area contributed by atoms with Crippen LogP contribution >= 0.6 is 0 Å². The van der Waals surface area contributed by atoms with Gasteiger partial charge < -0.3 is 15.8 Å². The van der Waals surface area contributed by atoms with Crippen molar-refractivity contribution in [1.29, 1.82) is 0 Å². The van der Waals surface area contributed by atoms with Gasteiger partial charge in [0.1, 0.15) is 6.10 Å². The molecule has 138 valence electrons. The minimum absolute atomic E-state index is 0.0381. The Kier molecular flexibility index (Phi) is 6.10. The number of rotatable bonds is 5. The molecule has 3 N–H and O–H groups in total. The summed E-state index contributed by atoms with van der Waals surface area (Å²) in [6.45, 7) is 7.93. The number of carbonyl (C=O) groups is 1. The van der Waals surface area contributed by atoms with E-state index in [2.05, 4.69) is 54.4 Å². The maximum atomic E-state index is 12.5. The van der Waals surface area contributed by atoms with Gasteiger partial charge in [0, 0.05) is 32.2 Å². The Morgan fingerprint density at radius 1 is 1.20 bits per heavy atom. The van der Waals surface area contributed by atoms with Gasteiger partial charge in [0.2, 0.25) is 5.91 Å². The molecule has 1 amide bonds. The van der Waals surface area contributed by atoms with Crippen LogP contribution in [0.25, 0.3) is 0 Å². The van der Waals surface area contributed by atoms with E-state index in [0.717, 1.165) is 32.5 Å². The van der Waals surface area contributed by atoms with Gasteiger partial charge in [-0.05, 0) is 30.2 Å². The Morgan fingerprint density at radius 3 is 2.48 bits per heavy atom. The molecule has 2 unspecified atom stereocenters. The third kappa shape index (κ3) is 4.60. The molecular weight excluding hydrogens is 314 g/mol. The van der Waals surface area contributed by atoms with Crippen molar-refractivity contribution in [3.63, 3.8) is 0 Å². The van der Waals surface area contributed by atoms with Crippen LogP contribution in [0.15, 0.2) is 30.3 Å². The fourth-order valence-corrected chi connectivity index (χ4v) is 4.26. The van der Waals surface area contributed by atoms with E-state index >= 15 is 0 Å². The minimum atomic E-state index is -0.324. The Morgan fingerprint density at radius 2 is 1.88 bits per heavy atom. The maximum Gasteiger partial charge on any atom is 0.249 e. The van der Waals surface area contributed by atoms with Crippen molar-refractivity contribution in [1.82, 2.24) is 10.2 Å². The van der Waals surface area contributed by atoms with Crippen LogP contribution in [0.5, 0.6) is 0 Å². The van der Waals surface area contributed by atoms with E-state index in [0.29, 0.717) is 18.4 Å². The Balaban J connectivity index is 1.53. The zero-order chi connectivity index (χ0) is 17.8. The number of piperidine rings is 1. The first-order chi connectivity index (χ1) is 12.1. The van der Waals surface area contributed by atoms with E-state index in [1.165, 1.54) is 5.56 Å². The highest BCUT2D eigenvalue weighted by atomic mass is 16.5. The molecule has 2 saturated heterocycles. The molecule has 2 heterocycles. The third-order valence-corrected chi connectivity index (χ3v) is 5.54. The van der Waals surface area contributed by atoms with Crippen LogP contribution in [0, 0.1) is 11.8 Å². The smallest absolute Gasteiger partial charge is 0.249 e. The molecule has 0 aliphatic carbocycles. The first kappa shape index (κ1) is 18.4. The average molecular weight is 345 g/mol. The highest BCUT2D eigenvalue weighted by Gasteiger charge is 2.36. The number of nitrogens with zero attached hydrogens (tertiary/aromatic N) is 1. The third-order valence-electron chi connectivity index (χ3n) is 5.54. The molecule has 0 saturated carbocycles. The lowest BCUT2D eigenvalue weighted by Gasteiger charge is -2.42. The minimum Gasteiger partial charge on any atom is -0.364 e. The van der Waals surface area contributed by atoms with Gasteiger partial charge in [-0.15, -0.1) is 0 Å². The van der Waals surface area contributed by atoms with Crippen LogP contribution in [-0.4, -0.2) is 48.7 Å². The van der Waals surface area contributed by atoms with Gasteiger partial charge in [-0.1, -0.05) is 44.2 Å². The fraction of sp³-hybridized carbons (Fsp3) is 0.650. The number of benzene rings is 1. The monoisotopic (exact) mass is 345 g/mol. The number of ether oxygens (including phenoxy) is 1. The maximum absolute atomic E-state index is 12.5. The van der Waals surface area contributed by atoms with Gasteiger partial charge >= 0.3 is 0 Å². The van der Waals surface area contributed by atoms with Crippen molar-refractivity contribution < 1.29 is 9.53 Å². The number of carbonyl (C=O) groups excluding carboxylic acids is 1. The van der Waals surface area contributed by atoms with Crippen LogP contribution in [0.1, 0.15) is 32.3 Å². The summed E-state index contributed by atoms with van der Waals surface area (Å²) in [4.78, 5) is 15.0. The Hall–Kier alpha value is -1.43. The summed E-state index contributed by atoms with van der Waals surface area (Å²) in [5.74, 6) is 0.877. The van der Waals surface area contributed by atoms with Crippen LogP contribution in [0.3, 0.4) is 0 Å². The van der Waals surface area contributed by atoms with E-state index in [9.17, 15) is 4.79 Å². The molecule has 3 rings (SSSR count). The van der Waals surface area contributed by atoms with E-state index in [4.69, 9.17) is 10.5 Å². The molecule has 25 heavy (non-hydrogen) atoms. The number of likely N-dealkylation sites (tertiary alicyclic amines) is 1. The predicted molar refractivity (Wildman–Crippen MR) is 98.9 cm³/mol. The predicted octanol–water partition coefficient (Wildman–Crippen LogP) is 1.77. The summed E-state index contributed by atoms with van der Waals surface area (Å²) in [5.41, 5.74) is 6.98. The van der Waals surface area contributed by atoms with E-state index in [1.54, 1.807) is 0 Å². The molecule has 2 fully saturated rings. The van der Waals surface area contributed by atoms with Crippen LogP contribution in [0.4, 0.5) is 0 Å². The summed E-state index contributed by atoms with van der Waals surface area (Å²) in [6, 6.07) is 10.8. The molecule has 5 nitrogen and oxygen atoms in total. The normalized spacial score (nSPS) is 33.3. The Bertz CT molecular complexity index is 553. The highest BCUT2D eigenvalue weighted by molar-refractivity contribution is 5.81. The van der Waals surface area contributed by atoms with Crippen molar-refractivity contribution in [2.45, 2.75) is 51.5 Å². The molecule has 1 aromatic carbocycles. The quantitative estimate of drug-likeness (QED) is 0.853. The van der Waals surface area contributed by atoms with E-state index < -0.39 is 0 Å². The van der Waals surface area contributed by atoms with E-state index in [-0.39, 0.29) is 24.2 Å². The van der Waals surface area contributed by atoms with Crippen LogP contribution in [0.2, 0.25) is 0 Å². The van der Waals surface area contributed by atoms with Crippen molar-refractivity contribution in [2.24, 2.45) is 17.6 Å². The lowest BCUT2D eigenvalue weighted by molar-refractivity contribution is -0.134. The van der Waals surface area contributed by atoms with Crippen molar-refractivity contribution in [3.05, 3.63) is 35.9 Å². The number of nitrogens with two attached hydrogens (primary N) is 1. The largest absolute Gasteiger partial charge is 0.364 e. The van der Waals surface area contributed by atoms with Crippen molar-refractivity contribution in [2.75, 3.05) is 19.6 Å². The van der Waals surface area contributed by atoms with Crippen LogP contribution < -0.4 is 11.1 Å². The zero-order valence-corrected chi connectivity index (χ0v) is 15.4. The first-order valence-corrected chi connectivity index (χ1v) is 9.49. The summed E-state index contributed by atoms with van der Waals surface area (Å²) in [6.07, 6.45) is 1.38. The molecule has 0 aromatic heterocycles. The molecule has 0 radical (unpaired) electrons. The van der Waals surface area contributed by atoms with Gasteiger partial charge in [0.25, 0.3) is 0 Å². The molecule has 5 heteroatoms. The van der Waals surface area contributed by atoms with Gasteiger partial charge in [-0.25, -0.2) is 0 Å². The van der Waals surface area contributed by atoms with Crippen LogP contribution in [-0.2, 0) is 16.1 Å². The molecular formula is C20H31N3O2. The average Bonchev–Trinajstić information content (AvgIpc) is 3.08. The second-order valence-electron chi connectivity index (χ2n) is 7.73. The van der Waals surface area contributed by atoms with Gasteiger partial charge in [-0.2, -0.15) is 0 Å². The number of hydrogen-bond donors (Lipinski definition) is 2. The number of nitrogens with one attached hydrogen (secondary N) is 1. The summed E-state index contributed by atoms with van der Waals surface area (Å²) < 4.78 is 5.74. The second-order valence-corrected chi connectivity index (χ2v) is 7.73. The van der Waals surface area contributed by atoms with Crippen molar-refractivity contribution >= 4 is 5.91 Å². The standard InChI is InChI=1S/C20H31N3O2/c1-14-11-23(13-16-6-4-3-5-7-16)12-15(2)19(14)22-20(24)18-9-8-17(10-21)25-18/h3-7,14-15,17-19H,8-13,21H2,1-2H3,(H,22,24)/t14?,15?,17-,18+,19?/m1/s1. The van der Waals surface area contributed by atoms with Gasteiger partial charge in [0.15, 0.2) is 0 Å². The number of hydrogen-bond acceptors (Lipinski definition) is 4. The second kappa shape index (κ2) is 8.30. The first-order valence-electron chi connectivity index (χ1n) is 9.49. The molecule has 0 bridgehead atoms. The lowest BCUT2D eigenvalue weighted by atomic mass is 9.85.